The quantitative estimate of drug-likeness (QED) is 0.803. The van der Waals surface area contributed by atoms with Gasteiger partial charge >= 0.3 is 0 Å². The minimum absolute atomic E-state index is 0.515. The lowest BCUT2D eigenvalue weighted by atomic mass is 10.4. The monoisotopic (exact) mass is 241 g/mol. The van der Waals surface area contributed by atoms with Gasteiger partial charge in [0.25, 0.3) is 0 Å². The molecular weight excluding hydrogens is 234 g/mol. The van der Waals surface area contributed by atoms with E-state index in [2.05, 4.69) is 26.0 Å². The van der Waals surface area contributed by atoms with Gasteiger partial charge in [-0.25, -0.2) is 9.50 Å². The molecule has 0 unspecified atom stereocenters. The fraction of sp³-hybridized carbons (Fsp3) is 0.250. The first-order valence-corrected chi connectivity index (χ1v) is 4.57. The Kier molecular flexibility index (Phi) is 2.28. The molecule has 0 atom stereocenters. The number of halogens is 1. The molecule has 0 spiro atoms. The predicted octanol–water partition coefficient (Wildman–Crippen LogP) is 1.64. The molecule has 0 N–H and O–H groups in total. The molecule has 0 amide bonds. The molecule has 2 rings (SSSR count). The van der Waals surface area contributed by atoms with Gasteiger partial charge in [-0.2, -0.15) is 5.10 Å². The summed E-state index contributed by atoms with van der Waals surface area (Å²) in [6.45, 7) is 0.515. The number of rotatable bonds is 2. The molecule has 5 heteroatoms. The van der Waals surface area contributed by atoms with Crippen molar-refractivity contribution in [3.8, 4) is 0 Å². The van der Waals surface area contributed by atoms with Crippen molar-refractivity contribution in [2.24, 2.45) is 0 Å². The number of hydrogen-bond donors (Lipinski definition) is 0. The SMILES string of the molecule is COCc1cc2ncc(Br)cn2n1. The van der Waals surface area contributed by atoms with E-state index in [0.29, 0.717) is 6.61 Å². The van der Waals surface area contributed by atoms with Gasteiger partial charge < -0.3 is 4.74 Å². The largest absolute Gasteiger partial charge is 0.378 e. The van der Waals surface area contributed by atoms with E-state index in [4.69, 9.17) is 4.74 Å². The Labute approximate surface area is 83.7 Å². The number of methoxy groups -OCH3 is 1. The van der Waals surface area contributed by atoms with Crippen molar-refractivity contribution in [2.75, 3.05) is 7.11 Å². The van der Waals surface area contributed by atoms with Gasteiger partial charge in [0.1, 0.15) is 0 Å². The summed E-state index contributed by atoms with van der Waals surface area (Å²) in [5.41, 5.74) is 1.71. The maximum atomic E-state index is 4.97. The lowest BCUT2D eigenvalue weighted by molar-refractivity contribution is 0.181. The molecule has 2 aromatic heterocycles. The Balaban J connectivity index is 2.49. The van der Waals surface area contributed by atoms with E-state index in [-0.39, 0.29) is 0 Å². The van der Waals surface area contributed by atoms with Crippen LogP contribution in [-0.4, -0.2) is 21.7 Å². The van der Waals surface area contributed by atoms with Gasteiger partial charge in [-0.15, -0.1) is 0 Å². The van der Waals surface area contributed by atoms with Crippen molar-refractivity contribution in [3.05, 3.63) is 28.6 Å². The Hall–Kier alpha value is -0.940. The van der Waals surface area contributed by atoms with Crippen molar-refractivity contribution >= 4 is 21.6 Å². The molecule has 0 aliphatic carbocycles. The second-order valence-electron chi connectivity index (χ2n) is 2.64. The third-order valence-electron chi connectivity index (χ3n) is 1.62. The summed E-state index contributed by atoms with van der Waals surface area (Å²) in [7, 11) is 1.65. The normalized spacial score (nSPS) is 10.9. The first kappa shape index (κ1) is 8.65. The van der Waals surface area contributed by atoms with Gasteiger partial charge in [-0.1, -0.05) is 0 Å². The summed E-state index contributed by atoms with van der Waals surface area (Å²) in [6, 6.07) is 1.90. The van der Waals surface area contributed by atoms with Crippen LogP contribution in [0.2, 0.25) is 0 Å². The van der Waals surface area contributed by atoms with Crippen molar-refractivity contribution in [2.45, 2.75) is 6.61 Å². The minimum atomic E-state index is 0.515. The summed E-state index contributed by atoms with van der Waals surface area (Å²) in [4.78, 5) is 4.18. The maximum absolute atomic E-state index is 4.97. The molecule has 13 heavy (non-hydrogen) atoms. The van der Waals surface area contributed by atoms with Crippen LogP contribution < -0.4 is 0 Å². The highest BCUT2D eigenvalue weighted by Crippen LogP contribution is 2.10. The Morgan fingerprint density at radius 1 is 1.62 bits per heavy atom. The smallest absolute Gasteiger partial charge is 0.155 e. The topological polar surface area (TPSA) is 39.4 Å². The average molecular weight is 242 g/mol. The highest BCUT2D eigenvalue weighted by Gasteiger charge is 2.01. The summed E-state index contributed by atoms with van der Waals surface area (Å²) < 4.78 is 7.60. The van der Waals surface area contributed by atoms with Crippen molar-refractivity contribution in [1.82, 2.24) is 14.6 Å². The minimum Gasteiger partial charge on any atom is -0.378 e. The third kappa shape index (κ3) is 1.71. The first-order valence-electron chi connectivity index (χ1n) is 3.78. The van der Waals surface area contributed by atoms with Gasteiger partial charge in [0, 0.05) is 25.6 Å². The molecule has 0 aliphatic heterocycles. The van der Waals surface area contributed by atoms with E-state index in [1.54, 1.807) is 17.8 Å². The number of fused-ring (bicyclic) bond motifs is 1. The molecule has 2 heterocycles. The maximum Gasteiger partial charge on any atom is 0.155 e. The van der Waals surface area contributed by atoms with Gasteiger partial charge in [-0.05, 0) is 15.9 Å². The highest BCUT2D eigenvalue weighted by atomic mass is 79.9. The second kappa shape index (κ2) is 3.43. The van der Waals surface area contributed by atoms with Crippen LogP contribution in [0.5, 0.6) is 0 Å². The van der Waals surface area contributed by atoms with Crippen LogP contribution in [0.4, 0.5) is 0 Å². The zero-order valence-electron chi connectivity index (χ0n) is 7.07. The molecule has 0 bridgehead atoms. The van der Waals surface area contributed by atoms with Crippen molar-refractivity contribution in [1.29, 1.82) is 0 Å². The van der Waals surface area contributed by atoms with Crippen LogP contribution in [-0.2, 0) is 11.3 Å². The van der Waals surface area contributed by atoms with Crippen LogP contribution in [0.25, 0.3) is 5.65 Å². The van der Waals surface area contributed by atoms with Crippen molar-refractivity contribution in [3.63, 3.8) is 0 Å². The molecule has 0 aromatic carbocycles. The Morgan fingerprint density at radius 2 is 2.46 bits per heavy atom. The van der Waals surface area contributed by atoms with E-state index in [1.807, 2.05) is 12.3 Å². The van der Waals surface area contributed by atoms with E-state index >= 15 is 0 Å². The fourth-order valence-corrected chi connectivity index (χ4v) is 1.42. The molecule has 2 aromatic rings. The van der Waals surface area contributed by atoms with Crippen LogP contribution >= 0.6 is 15.9 Å². The Morgan fingerprint density at radius 3 is 3.23 bits per heavy atom. The van der Waals surface area contributed by atoms with E-state index in [1.165, 1.54) is 0 Å². The fourth-order valence-electron chi connectivity index (χ4n) is 1.12. The summed E-state index contributed by atoms with van der Waals surface area (Å²) in [5.74, 6) is 0. The highest BCUT2D eigenvalue weighted by molar-refractivity contribution is 9.10. The lowest BCUT2D eigenvalue weighted by Gasteiger charge is -1.91. The molecule has 68 valence electrons. The van der Waals surface area contributed by atoms with Crippen LogP contribution in [0.3, 0.4) is 0 Å². The molecule has 0 radical (unpaired) electrons. The van der Waals surface area contributed by atoms with Crippen LogP contribution in [0, 0.1) is 0 Å². The van der Waals surface area contributed by atoms with Gasteiger partial charge in [0.15, 0.2) is 5.65 Å². The van der Waals surface area contributed by atoms with Gasteiger partial charge in [0.05, 0.1) is 16.8 Å². The standard InChI is InChI=1S/C8H8BrN3O/c1-13-5-7-2-8-10-3-6(9)4-12(8)11-7/h2-4H,5H2,1H3. The molecule has 0 saturated heterocycles. The van der Waals surface area contributed by atoms with E-state index < -0.39 is 0 Å². The number of hydrogen-bond acceptors (Lipinski definition) is 3. The van der Waals surface area contributed by atoms with Crippen molar-refractivity contribution < 1.29 is 4.74 Å². The lowest BCUT2D eigenvalue weighted by Crippen LogP contribution is -1.91. The number of ether oxygens (including phenoxy) is 1. The van der Waals surface area contributed by atoms with Crippen LogP contribution in [0.15, 0.2) is 22.9 Å². The third-order valence-corrected chi connectivity index (χ3v) is 2.03. The molecular formula is C8H8BrN3O. The second-order valence-corrected chi connectivity index (χ2v) is 3.56. The molecule has 4 nitrogen and oxygen atoms in total. The summed E-state index contributed by atoms with van der Waals surface area (Å²) in [6.07, 6.45) is 3.61. The van der Waals surface area contributed by atoms with E-state index in [0.717, 1.165) is 15.8 Å². The summed E-state index contributed by atoms with van der Waals surface area (Å²) >= 11 is 3.33. The zero-order valence-corrected chi connectivity index (χ0v) is 8.65. The predicted molar refractivity (Wildman–Crippen MR) is 51.4 cm³/mol. The number of aromatic nitrogens is 3. The Bertz CT molecular complexity index is 426. The molecule has 0 saturated carbocycles. The van der Waals surface area contributed by atoms with Gasteiger partial charge in [0.2, 0.25) is 0 Å². The molecule has 0 aliphatic rings. The summed E-state index contributed by atoms with van der Waals surface area (Å²) in [5, 5.41) is 4.26. The zero-order chi connectivity index (χ0) is 9.26. The average Bonchev–Trinajstić information content (AvgIpc) is 2.46. The van der Waals surface area contributed by atoms with E-state index in [9.17, 15) is 0 Å². The molecule has 0 fully saturated rings. The number of nitrogens with zero attached hydrogens (tertiary/aromatic N) is 3. The van der Waals surface area contributed by atoms with Crippen LogP contribution in [0.1, 0.15) is 5.69 Å². The van der Waals surface area contributed by atoms with Gasteiger partial charge in [-0.3, -0.25) is 0 Å². The first-order chi connectivity index (χ1) is 6.29.